The van der Waals surface area contributed by atoms with Gasteiger partial charge in [0.1, 0.15) is 4.90 Å². The van der Waals surface area contributed by atoms with E-state index in [2.05, 4.69) is 5.32 Å². The first kappa shape index (κ1) is 13.6. The second kappa shape index (κ2) is 3.60. The highest BCUT2D eigenvalue weighted by molar-refractivity contribution is 8.45. The van der Waals surface area contributed by atoms with E-state index in [0.29, 0.717) is 43.6 Å². The Labute approximate surface area is 102 Å². The summed E-state index contributed by atoms with van der Waals surface area (Å²) in [5.41, 5.74) is 0.349. The zero-order chi connectivity index (χ0) is 13.5. The molecule has 2 rings (SSSR count). The standard InChI is InChI=1S/C11H14F5NS/c12-18(13,14,15,16)11-3-1-2-10(8-11)9-4-6-17-7-5-9/h1-3,8-9,17H,4-7H2. The summed E-state index contributed by atoms with van der Waals surface area (Å²) >= 11 is 0. The van der Waals surface area contributed by atoms with Gasteiger partial charge in [-0.05, 0) is 49.5 Å². The summed E-state index contributed by atoms with van der Waals surface area (Å²) in [6, 6.07) is 3.61. The number of piperidine rings is 1. The summed E-state index contributed by atoms with van der Waals surface area (Å²) in [6.07, 6.45) is 1.34. The molecule has 0 bridgehead atoms. The van der Waals surface area contributed by atoms with Crippen LogP contribution < -0.4 is 5.32 Å². The number of nitrogens with one attached hydrogen (secondary N) is 1. The van der Waals surface area contributed by atoms with Crippen LogP contribution in [0.15, 0.2) is 29.2 Å². The second-order valence-corrected chi connectivity index (χ2v) is 6.98. The van der Waals surface area contributed by atoms with Gasteiger partial charge in [-0.25, -0.2) is 0 Å². The minimum absolute atomic E-state index is 0.0776. The summed E-state index contributed by atoms with van der Waals surface area (Å²) in [7, 11) is -9.55. The van der Waals surface area contributed by atoms with Gasteiger partial charge in [-0.15, -0.1) is 0 Å². The number of hydrogen-bond donors (Lipinski definition) is 1. The van der Waals surface area contributed by atoms with Crippen molar-refractivity contribution in [3.8, 4) is 0 Å². The summed E-state index contributed by atoms with van der Waals surface area (Å²) in [4.78, 5) is -1.79. The number of rotatable bonds is 2. The Kier molecular flexibility index (Phi) is 2.72. The molecule has 0 spiro atoms. The van der Waals surface area contributed by atoms with E-state index in [-0.39, 0.29) is 5.92 Å². The maximum atomic E-state index is 12.7. The Morgan fingerprint density at radius 2 is 1.61 bits per heavy atom. The van der Waals surface area contributed by atoms with Gasteiger partial charge in [0.05, 0.1) is 0 Å². The molecule has 0 aliphatic carbocycles. The van der Waals surface area contributed by atoms with Crippen LogP contribution in [0.1, 0.15) is 24.3 Å². The van der Waals surface area contributed by atoms with Crippen LogP contribution in [0.4, 0.5) is 19.4 Å². The van der Waals surface area contributed by atoms with Gasteiger partial charge in [-0.2, -0.15) is 0 Å². The molecule has 104 valence electrons. The van der Waals surface area contributed by atoms with Crippen LogP contribution in [0.3, 0.4) is 0 Å². The van der Waals surface area contributed by atoms with Crippen molar-refractivity contribution >= 4 is 10.2 Å². The van der Waals surface area contributed by atoms with E-state index >= 15 is 0 Å². The van der Waals surface area contributed by atoms with E-state index in [9.17, 15) is 19.4 Å². The van der Waals surface area contributed by atoms with Gasteiger partial charge < -0.3 is 5.32 Å². The number of halogens is 5. The molecule has 1 aromatic carbocycles. The summed E-state index contributed by atoms with van der Waals surface area (Å²) in [5.74, 6) is -0.0776. The Balaban J connectivity index is 2.37. The molecule has 18 heavy (non-hydrogen) atoms. The Hall–Kier alpha value is -0.820. The van der Waals surface area contributed by atoms with Gasteiger partial charge >= 0.3 is 10.2 Å². The third kappa shape index (κ3) is 3.14. The van der Waals surface area contributed by atoms with E-state index < -0.39 is 15.1 Å². The molecule has 0 amide bonds. The Morgan fingerprint density at radius 1 is 1.00 bits per heavy atom. The first-order valence-corrected chi connectivity index (χ1v) is 7.56. The van der Waals surface area contributed by atoms with E-state index in [1.165, 1.54) is 6.07 Å². The molecule has 1 N–H and O–H groups in total. The highest BCUT2D eigenvalue weighted by atomic mass is 32.5. The van der Waals surface area contributed by atoms with Crippen molar-refractivity contribution in [1.29, 1.82) is 0 Å². The second-order valence-electron chi connectivity index (χ2n) is 4.57. The molecule has 0 radical (unpaired) electrons. The molecular formula is C11H14F5NS. The fourth-order valence-electron chi connectivity index (χ4n) is 2.16. The van der Waals surface area contributed by atoms with Crippen LogP contribution in [0.2, 0.25) is 0 Å². The maximum Gasteiger partial charge on any atom is 0.310 e. The van der Waals surface area contributed by atoms with Crippen molar-refractivity contribution in [2.24, 2.45) is 0 Å². The van der Waals surface area contributed by atoms with Gasteiger partial charge in [0, 0.05) is 0 Å². The van der Waals surface area contributed by atoms with E-state index in [0.717, 1.165) is 6.07 Å². The van der Waals surface area contributed by atoms with Crippen molar-refractivity contribution in [1.82, 2.24) is 5.32 Å². The zero-order valence-corrected chi connectivity index (χ0v) is 10.3. The van der Waals surface area contributed by atoms with Crippen LogP contribution >= 0.6 is 10.2 Å². The molecule has 0 saturated carbocycles. The molecule has 1 aliphatic heterocycles. The minimum Gasteiger partial charge on any atom is -0.317 e. The van der Waals surface area contributed by atoms with Crippen molar-refractivity contribution in [2.75, 3.05) is 13.1 Å². The molecule has 1 aromatic rings. The van der Waals surface area contributed by atoms with Crippen LogP contribution in [0.5, 0.6) is 0 Å². The van der Waals surface area contributed by atoms with E-state index in [1.807, 2.05) is 0 Å². The SMILES string of the molecule is FS(F)(F)(F)(F)c1cccc(C2CCNCC2)c1. The average Bonchev–Trinajstić information content (AvgIpc) is 2.28. The fourth-order valence-corrected chi connectivity index (χ4v) is 2.86. The third-order valence-corrected chi connectivity index (χ3v) is 4.26. The Bertz CT molecular complexity index is 449. The highest BCUT2D eigenvalue weighted by Gasteiger charge is 2.65. The molecule has 0 unspecified atom stereocenters. The lowest BCUT2D eigenvalue weighted by atomic mass is 9.90. The summed E-state index contributed by atoms with van der Waals surface area (Å²) in [5, 5.41) is 3.08. The van der Waals surface area contributed by atoms with Crippen LogP contribution in [-0.4, -0.2) is 13.1 Å². The monoisotopic (exact) mass is 287 g/mol. The average molecular weight is 287 g/mol. The predicted octanol–water partition coefficient (Wildman–Crippen LogP) is 4.81. The molecule has 1 aliphatic rings. The van der Waals surface area contributed by atoms with Crippen molar-refractivity contribution in [3.63, 3.8) is 0 Å². The molecule has 1 fully saturated rings. The van der Waals surface area contributed by atoms with Crippen molar-refractivity contribution in [2.45, 2.75) is 23.7 Å². The van der Waals surface area contributed by atoms with E-state index in [1.54, 1.807) is 0 Å². The quantitative estimate of drug-likeness (QED) is 0.770. The van der Waals surface area contributed by atoms with Gasteiger partial charge in [0.2, 0.25) is 0 Å². The zero-order valence-electron chi connectivity index (χ0n) is 9.51. The smallest absolute Gasteiger partial charge is 0.310 e. The lowest BCUT2D eigenvalue weighted by Gasteiger charge is -2.41. The van der Waals surface area contributed by atoms with E-state index in [4.69, 9.17) is 0 Å². The van der Waals surface area contributed by atoms with Crippen LogP contribution in [-0.2, 0) is 0 Å². The molecule has 0 aromatic heterocycles. The molecule has 0 atom stereocenters. The van der Waals surface area contributed by atoms with Crippen molar-refractivity contribution in [3.05, 3.63) is 29.8 Å². The maximum absolute atomic E-state index is 12.7. The number of hydrogen-bond acceptors (Lipinski definition) is 1. The third-order valence-electron chi connectivity index (χ3n) is 3.11. The van der Waals surface area contributed by atoms with Gasteiger partial charge in [-0.1, -0.05) is 31.6 Å². The lowest BCUT2D eigenvalue weighted by Crippen LogP contribution is -2.26. The molecule has 1 heterocycles. The fraction of sp³-hybridized carbons (Fsp3) is 0.455. The predicted molar refractivity (Wildman–Crippen MR) is 62.7 cm³/mol. The van der Waals surface area contributed by atoms with Gasteiger partial charge in [0.15, 0.2) is 0 Å². The molecular weight excluding hydrogens is 273 g/mol. The normalized spacial score (nSPS) is 22.3. The summed E-state index contributed by atoms with van der Waals surface area (Å²) in [6.45, 7) is 1.40. The Morgan fingerprint density at radius 3 is 2.17 bits per heavy atom. The first-order chi connectivity index (χ1) is 8.06. The molecule has 1 saturated heterocycles. The highest BCUT2D eigenvalue weighted by Crippen LogP contribution is 3.02. The van der Waals surface area contributed by atoms with Gasteiger partial charge in [-0.3, -0.25) is 0 Å². The molecule has 7 heteroatoms. The summed E-state index contributed by atoms with van der Waals surface area (Å²) < 4.78 is 63.4. The molecule has 1 nitrogen and oxygen atoms in total. The first-order valence-electron chi connectivity index (χ1n) is 5.61. The number of benzene rings is 1. The minimum atomic E-state index is -9.55. The van der Waals surface area contributed by atoms with Gasteiger partial charge in [0.25, 0.3) is 0 Å². The van der Waals surface area contributed by atoms with Crippen LogP contribution in [0.25, 0.3) is 0 Å². The largest absolute Gasteiger partial charge is 0.317 e. The lowest BCUT2D eigenvalue weighted by molar-refractivity contribution is 0.363. The van der Waals surface area contributed by atoms with Crippen molar-refractivity contribution < 1.29 is 19.4 Å². The van der Waals surface area contributed by atoms with Crippen LogP contribution in [0, 0.1) is 0 Å². The topological polar surface area (TPSA) is 12.0 Å².